The van der Waals surface area contributed by atoms with Crippen molar-refractivity contribution in [3.8, 4) is 0 Å². The standard InChI is InChI=1S/C26H28Cl4N4O3.C2HF3O2/c1-15(35)33-10-7-16(8-11-33)25(36)34-12-9-22(19(14-34)17-3-5-20(27)21(28)13-17)32(2)26(37)18-4-6-23(29)31-24(18)30;3-2(4,5)1(6)7/h3-6,13,16,19,22H,7-12,14H2,1-2H3;(H,6,7)/t19-,22+;/m0./s1. The highest BCUT2D eigenvalue weighted by atomic mass is 35.5. The number of rotatable bonds is 4. The monoisotopic (exact) mass is 698 g/mol. The largest absolute Gasteiger partial charge is 0.490 e. The fourth-order valence-electron chi connectivity index (χ4n) is 5.29. The zero-order chi connectivity index (χ0) is 32.9. The molecule has 0 aliphatic carbocycles. The van der Waals surface area contributed by atoms with Crippen molar-refractivity contribution < 1.29 is 37.5 Å². The summed E-state index contributed by atoms with van der Waals surface area (Å²) in [6, 6.07) is 8.30. The smallest absolute Gasteiger partial charge is 0.475 e. The van der Waals surface area contributed by atoms with Crippen LogP contribution in [0.15, 0.2) is 30.3 Å². The van der Waals surface area contributed by atoms with Crippen LogP contribution in [-0.4, -0.2) is 93.9 Å². The maximum absolute atomic E-state index is 13.5. The number of halogens is 7. The SMILES string of the molecule is CC(=O)N1CCC(C(=O)N2CC[C@@H](N(C)C(=O)c3ccc(Cl)nc3Cl)[C@H](c3ccc(Cl)c(Cl)c3)C2)CC1.O=C(O)C(F)(F)F. The van der Waals surface area contributed by atoms with E-state index in [1.165, 1.54) is 6.07 Å². The van der Waals surface area contributed by atoms with Crippen LogP contribution in [0, 0.1) is 5.92 Å². The van der Waals surface area contributed by atoms with E-state index in [9.17, 15) is 27.6 Å². The molecule has 3 heterocycles. The Hall–Kier alpha value is -2.80. The fraction of sp³-hybridized carbons (Fsp3) is 0.464. The zero-order valence-corrected chi connectivity index (χ0v) is 26.6. The number of carboxylic acids is 1. The van der Waals surface area contributed by atoms with Crippen molar-refractivity contribution in [1.82, 2.24) is 19.7 Å². The van der Waals surface area contributed by atoms with Crippen LogP contribution in [-0.2, 0) is 14.4 Å². The Morgan fingerprint density at radius 2 is 1.52 bits per heavy atom. The molecule has 2 aromatic rings. The molecule has 2 atom stereocenters. The number of likely N-dealkylation sites (tertiary alicyclic amines) is 2. The third-order valence-corrected chi connectivity index (χ3v) is 8.89. The summed E-state index contributed by atoms with van der Waals surface area (Å²) in [5.74, 6) is -3.23. The molecule has 0 spiro atoms. The number of carboxylic acid groups (broad SMARTS) is 1. The van der Waals surface area contributed by atoms with Crippen molar-refractivity contribution in [1.29, 1.82) is 0 Å². The van der Waals surface area contributed by atoms with Crippen molar-refractivity contribution in [2.45, 2.75) is 44.3 Å². The second kappa shape index (κ2) is 15.0. The summed E-state index contributed by atoms with van der Waals surface area (Å²) in [4.78, 5) is 56.8. The summed E-state index contributed by atoms with van der Waals surface area (Å²) in [6.45, 7) is 3.67. The van der Waals surface area contributed by atoms with Gasteiger partial charge in [0, 0.05) is 58.0 Å². The topological polar surface area (TPSA) is 111 Å². The maximum Gasteiger partial charge on any atom is 0.490 e. The highest BCUT2D eigenvalue weighted by Crippen LogP contribution is 2.36. The number of amides is 3. The van der Waals surface area contributed by atoms with Crippen LogP contribution in [0.4, 0.5) is 13.2 Å². The summed E-state index contributed by atoms with van der Waals surface area (Å²) in [5, 5.41) is 8.22. The van der Waals surface area contributed by atoms with Crippen molar-refractivity contribution in [3.63, 3.8) is 0 Å². The normalized spacial score (nSPS) is 19.1. The predicted molar refractivity (Wildman–Crippen MR) is 159 cm³/mol. The first-order valence-corrected chi connectivity index (χ1v) is 14.9. The molecule has 0 saturated carbocycles. The number of piperidine rings is 2. The highest BCUT2D eigenvalue weighted by molar-refractivity contribution is 6.42. The first kappa shape index (κ1) is 35.7. The Morgan fingerprint density at radius 3 is 2.05 bits per heavy atom. The van der Waals surface area contributed by atoms with Gasteiger partial charge in [0.15, 0.2) is 0 Å². The van der Waals surface area contributed by atoms with Crippen LogP contribution in [0.3, 0.4) is 0 Å². The molecule has 44 heavy (non-hydrogen) atoms. The van der Waals surface area contributed by atoms with Gasteiger partial charge in [-0.2, -0.15) is 13.2 Å². The molecule has 3 amide bonds. The minimum Gasteiger partial charge on any atom is -0.475 e. The summed E-state index contributed by atoms with van der Waals surface area (Å²) >= 11 is 24.7. The Labute approximate surface area is 271 Å². The third kappa shape index (κ3) is 8.89. The average molecular weight is 700 g/mol. The third-order valence-electron chi connectivity index (χ3n) is 7.65. The molecule has 1 aromatic heterocycles. The lowest BCUT2D eigenvalue weighted by atomic mass is 9.83. The zero-order valence-electron chi connectivity index (χ0n) is 23.6. The van der Waals surface area contributed by atoms with Gasteiger partial charge >= 0.3 is 12.1 Å². The first-order valence-electron chi connectivity index (χ1n) is 13.4. The number of likely N-dealkylation sites (N-methyl/N-ethyl adjacent to an activating group) is 1. The summed E-state index contributed by atoms with van der Waals surface area (Å²) in [6.07, 6.45) is -3.21. The Kier molecular flexibility index (Phi) is 12.2. The molecule has 9 nitrogen and oxygen atoms in total. The van der Waals surface area contributed by atoms with Gasteiger partial charge in [0.25, 0.3) is 5.91 Å². The van der Waals surface area contributed by atoms with Gasteiger partial charge in [-0.1, -0.05) is 52.5 Å². The van der Waals surface area contributed by atoms with Crippen molar-refractivity contribution in [2.75, 3.05) is 33.2 Å². The molecule has 2 aliphatic heterocycles. The van der Waals surface area contributed by atoms with Crippen LogP contribution in [0.2, 0.25) is 20.4 Å². The molecule has 0 radical (unpaired) electrons. The van der Waals surface area contributed by atoms with Gasteiger partial charge in [-0.25, -0.2) is 9.78 Å². The minimum atomic E-state index is -5.08. The maximum atomic E-state index is 13.5. The average Bonchev–Trinajstić information content (AvgIpc) is 2.97. The summed E-state index contributed by atoms with van der Waals surface area (Å²) in [5.41, 5.74) is 1.15. The van der Waals surface area contributed by atoms with E-state index < -0.39 is 12.1 Å². The van der Waals surface area contributed by atoms with Gasteiger partial charge in [-0.3, -0.25) is 14.4 Å². The van der Waals surface area contributed by atoms with E-state index in [1.54, 1.807) is 42.0 Å². The van der Waals surface area contributed by atoms with Crippen molar-refractivity contribution in [2.24, 2.45) is 5.92 Å². The van der Waals surface area contributed by atoms with E-state index in [4.69, 9.17) is 56.3 Å². The summed E-state index contributed by atoms with van der Waals surface area (Å²) < 4.78 is 31.7. The van der Waals surface area contributed by atoms with Crippen molar-refractivity contribution in [3.05, 3.63) is 61.8 Å². The van der Waals surface area contributed by atoms with E-state index in [0.717, 1.165) is 5.56 Å². The minimum absolute atomic E-state index is 0.0371. The second-order valence-corrected chi connectivity index (χ2v) is 12.0. The van der Waals surface area contributed by atoms with Crippen LogP contribution in [0.1, 0.15) is 48.0 Å². The van der Waals surface area contributed by atoms with Crippen LogP contribution < -0.4 is 0 Å². The number of carbonyl (C=O) groups excluding carboxylic acids is 3. The lowest BCUT2D eigenvalue weighted by Crippen LogP contribution is -2.53. The molecule has 4 rings (SSSR count). The number of carbonyl (C=O) groups is 4. The van der Waals surface area contributed by atoms with E-state index in [1.807, 2.05) is 11.0 Å². The molecule has 2 saturated heterocycles. The Morgan fingerprint density at radius 1 is 0.932 bits per heavy atom. The van der Waals surface area contributed by atoms with Crippen LogP contribution in [0.5, 0.6) is 0 Å². The van der Waals surface area contributed by atoms with E-state index >= 15 is 0 Å². The molecule has 1 aromatic carbocycles. The molecular formula is C28H29Cl4F3N4O5. The van der Waals surface area contributed by atoms with Gasteiger partial charge in [-0.15, -0.1) is 0 Å². The van der Waals surface area contributed by atoms with E-state index in [2.05, 4.69) is 4.98 Å². The first-order chi connectivity index (χ1) is 20.5. The fourth-order valence-corrected chi connectivity index (χ4v) is 6.02. The van der Waals surface area contributed by atoms with Gasteiger partial charge < -0.3 is 19.8 Å². The molecule has 0 bridgehead atoms. The molecule has 16 heteroatoms. The van der Waals surface area contributed by atoms with Gasteiger partial charge in [0.05, 0.1) is 15.6 Å². The quantitative estimate of drug-likeness (QED) is 0.390. The van der Waals surface area contributed by atoms with Crippen molar-refractivity contribution >= 4 is 70.1 Å². The number of aliphatic carboxylic acids is 1. The van der Waals surface area contributed by atoms with E-state index in [0.29, 0.717) is 55.5 Å². The molecule has 2 aliphatic rings. The predicted octanol–water partition coefficient (Wildman–Crippen LogP) is 6.04. The number of nitrogens with zero attached hydrogens (tertiary/aromatic N) is 4. The highest BCUT2D eigenvalue weighted by Gasteiger charge is 2.40. The van der Waals surface area contributed by atoms with Crippen LogP contribution in [0.25, 0.3) is 0 Å². The second-order valence-electron chi connectivity index (χ2n) is 10.4. The number of benzene rings is 1. The number of pyridine rings is 1. The van der Waals surface area contributed by atoms with Crippen LogP contribution >= 0.6 is 46.4 Å². The van der Waals surface area contributed by atoms with E-state index in [-0.39, 0.29) is 51.5 Å². The number of aromatic nitrogens is 1. The number of alkyl halides is 3. The van der Waals surface area contributed by atoms with Gasteiger partial charge in [-0.05, 0) is 49.1 Å². The number of hydrogen-bond acceptors (Lipinski definition) is 5. The molecule has 1 N–H and O–H groups in total. The Balaban J connectivity index is 0.000000676. The lowest BCUT2D eigenvalue weighted by molar-refractivity contribution is -0.192. The summed E-state index contributed by atoms with van der Waals surface area (Å²) in [7, 11) is 1.73. The molecule has 0 unspecified atom stereocenters. The number of hydrogen-bond donors (Lipinski definition) is 1. The van der Waals surface area contributed by atoms with Gasteiger partial charge in [0.2, 0.25) is 11.8 Å². The van der Waals surface area contributed by atoms with Gasteiger partial charge in [0.1, 0.15) is 10.3 Å². The molecular weight excluding hydrogens is 671 g/mol. The lowest BCUT2D eigenvalue weighted by Gasteiger charge is -2.44. The molecule has 2 fully saturated rings. The molecule has 240 valence electrons. The Bertz CT molecular complexity index is 1410.